The highest BCUT2D eigenvalue weighted by molar-refractivity contribution is 9.10. The van der Waals surface area contributed by atoms with E-state index in [1.54, 1.807) is 6.92 Å². The number of carbonyl (C=O) groups is 2. The molecular weight excluding hydrogens is 376 g/mol. The molecule has 0 unspecified atom stereocenters. The maximum atomic E-state index is 12.5. The molecule has 0 aliphatic rings. The maximum Gasteiger partial charge on any atom is 0.321 e. The molecule has 0 radical (unpaired) electrons. The van der Waals surface area contributed by atoms with Crippen LogP contribution in [0.5, 0.6) is 0 Å². The molecule has 2 rings (SSSR count). The van der Waals surface area contributed by atoms with Gasteiger partial charge in [-0.2, -0.15) is 0 Å². The largest absolute Gasteiger partial charge is 0.338 e. The van der Waals surface area contributed by atoms with Gasteiger partial charge in [0, 0.05) is 15.9 Å². The molecule has 0 bridgehead atoms. The number of rotatable bonds is 5. The quantitative estimate of drug-likeness (QED) is 0.752. The van der Waals surface area contributed by atoms with Crippen molar-refractivity contribution in [3.8, 4) is 0 Å². The van der Waals surface area contributed by atoms with Gasteiger partial charge in [-0.25, -0.2) is 4.79 Å². The summed E-state index contributed by atoms with van der Waals surface area (Å²) in [7, 11) is 0. The van der Waals surface area contributed by atoms with Crippen molar-refractivity contribution in [2.75, 3.05) is 6.54 Å². The van der Waals surface area contributed by atoms with Gasteiger partial charge in [-0.05, 0) is 36.8 Å². The number of benzene rings is 2. The first kappa shape index (κ1) is 17.6. The van der Waals surface area contributed by atoms with E-state index in [2.05, 4.69) is 26.6 Å². The minimum absolute atomic E-state index is 0.338. The normalized spacial score (nSPS) is 11.6. The van der Waals surface area contributed by atoms with Gasteiger partial charge in [0.25, 0.3) is 0 Å². The van der Waals surface area contributed by atoms with Crippen LogP contribution in [0.1, 0.15) is 17.7 Å². The third-order valence-electron chi connectivity index (χ3n) is 2.98. The summed E-state index contributed by atoms with van der Waals surface area (Å²) in [6, 6.07) is 16.7. The molecule has 0 aliphatic heterocycles. The molecule has 2 N–H and O–H groups in total. The Balaban J connectivity index is 2.20. The van der Waals surface area contributed by atoms with Crippen LogP contribution in [-0.2, 0) is 4.79 Å². The highest BCUT2D eigenvalue weighted by Gasteiger charge is 2.23. The number of amides is 3. The lowest BCUT2D eigenvalue weighted by molar-refractivity contribution is -0.119. The first-order valence-electron chi connectivity index (χ1n) is 7.16. The lowest BCUT2D eigenvalue weighted by atomic mass is 10.1. The Bertz CT molecular complexity index is 662. The van der Waals surface area contributed by atoms with Crippen LogP contribution in [-0.4, -0.2) is 18.5 Å². The fourth-order valence-electron chi connectivity index (χ4n) is 1.93. The second-order valence-corrected chi connectivity index (χ2v) is 6.81. The van der Waals surface area contributed by atoms with E-state index >= 15 is 0 Å². The van der Waals surface area contributed by atoms with Crippen LogP contribution in [0.25, 0.3) is 0 Å². The highest BCUT2D eigenvalue weighted by atomic mass is 79.9. The van der Waals surface area contributed by atoms with Crippen molar-refractivity contribution in [3.63, 3.8) is 0 Å². The predicted octanol–water partition coefficient (Wildman–Crippen LogP) is 4.13. The van der Waals surface area contributed by atoms with Crippen LogP contribution in [0.4, 0.5) is 4.79 Å². The molecule has 0 fully saturated rings. The van der Waals surface area contributed by atoms with Gasteiger partial charge in [-0.1, -0.05) is 46.3 Å². The van der Waals surface area contributed by atoms with Crippen LogP contribution in [0.3, 0.4) is 0 Å². The third kappa shape index (κ3) is 5.41. The molecule has 2 aromatic rings. The van der Waals surface area contributed by atoms with E-state index in [0.717, 1.165) is 14.9 Å². The SMILES string of the molecule is CCNC(=O)NC(=O)[C@@H](Sc1ccc(Br)cc1)c1ccccc1. The molecule has 0 heterocycles. The molecule has 0 aliphatic carbocycles. The van der Waals surface area contributed by atoms with Gasteiger partial charge in [0.1, 0.15) is 5.25 Å². The number of hydrogen-bond donors (Lipinski definition) is 2. The minimum Gasteiger partial charge on any atom is -0.338 e. The van der Waals surface area contributed by atoms with Crippen molar-refractivity contribution < 1.29 is 9.59 Å². The Labute approximate surface area is 148 Å². The lowest BCUT2D eigenvalue weighted by Gasteiger charge is -2.16. The van der Waals surface area contributed by atoms with Crippen LogP contribution in [0, 0.1) is 0 Å². The first-order valence-corrected chi connectivity index (χ1v) is 8.83. The molecule has 2 aromatic carbocycles. The molecule has 1 atom stereocenters. The monoisotopic (exact) mass is 392 g/mol. The average Bonchev–Trinajstić information content (AvgIpc) is 2.55. The van der Waals surface area contributed by atoms with Crippen LogP contribution >= 0.6 is 27.7 Å². The summed E-state index contributed by atoms with van der Waals surface area (Å²) in [5.74, 6) is -0.338. The van der Waals surface area contributed by atoms with E-state index in [0.29, 0.717) is 6.54 Å². The Kier molecular flexibility index (Phi) is 6.67. The standard InChI is InChI=1S/C17H17BrN2O2S/c1-2-19-17(22)20-16(21)15(12-6-4-3-5-7-12)23-14-10-8-13(18)9-11-14/h3-11,15H,2H2,1H3,(H2,19,20,21,22)/t15-/m0/s1. The number of nitrogens with one attached hydrogen (secondary N) is 2. The van der Waals surface area contributed by atoms with Crippen molar-refractivity contribution in [2.45, 2.75) is 17.1 Å². The minimum atomic E-state index is -0.500. The smallest absolute Gasteiger partial charge is 0.321 e. The average molecular weight is 393 g/mol. The summed E-state index contributed by atoms with van der Waals surface area (Å²) in [5.41, 5.74) is 0.849. The summed E-state index contributed by atoms with van der Waals surface area (Å²) in [5, 5.41) is 4.46. The number of urea groups is 1. The number of thioether (sulfide) groups is 1. The molecule has 23 heavy (non-hydrogen) atoms. The van der Waals surface area contributed by atoms with Gasteiger partial charge in [0.05, 0.1) is 0 Å². The topological polar surface area (TPSA) is 58.2 Å². The molecule has 120 valence electrons. The van der Waals surface area contributed by atoms with Gasteiger partial charge < -0.3 is 5.32 Å². The van der Waals surface area contributed by atoms with Crippen molar-refractivity contribution in [3.05, 3.63) is 64.6 Å². The lowest BCUT2D eigenvalue weighted by Crippen LogP contribution is -2.41. The van der Waals surface area contributed by atoms with Crippen LogP contribution in [0.2, 0.25) is 0 Å². The second-order valence-electron chi connectivity index (χ2n) is 4.71. The molecular formula is C17H17BrN2O2S. The van der Waals surface area contributed by atoms with E-state index in [-0.39, 0.29) is 5.91 Å². The summed E-state index contributed by atoms with van der Waals surface area (Å²) >= 11 is 4.80. The summed E-state index contributed by atoms with van der Waals surface area (Å²) in [4.78, 5) is 25.1. The van der Waals surface area contributed by atoms with Crippen molar-refractivity contribution in [1.29, 1.82) is 0 Å². The summed E-state index contributed by atoms with van der Waals surface area (Å²) in [6.45, 7) is 2.27. The second kappa shape index (κ2) is 8.74. The fraction of sp³-hybridized carbons (Fsp3) is 0.176. The fourth-order valence-corrected chi connectivity index (χ4v) is 3.22. The zero-order chi connectivity index (χ0) is 16.7. The summed E-state index contributed by atoms with van der Waals surface area (Å²) < 4.78 is 0.977. The molecule has 4 nitrogen and oxygen atoms in total. The highest BCUT2D eigenvalue weighted by Crippen LogP contribution is 2.35. The number of imide groups is 1. The molecule has 0 saturated carbocycles. The number of carbonyl (C=O) groups excluding carboxylic acids is 2. The van der Waals surface area contributed by atoms with E-state index in [1.165, 1.54) is 11.8 Å². The van der Waals surface area contributed by atoms with Gasteiger partial charge in [-0.15, -0.1) is 11.8 Å². The van der Waals surface area contributed by atoms with Crippen LogP contribution < -0.4 is 10.6 Å². The van der Waals surface area contributed by atoms with E-state index in [4.69, 9.17) is 0 Å². The van der Waals surface area contributed by atoms with Crippen molar-refractivity contribution >= 4 is 39.6 Å². The van der Waals surface area contributed by atoms with Crippen molar-refractivity contribution in [1.82, 2.24) is 10.6 Å². The zero-order valence-electron chi connectivity index (χ0n) is 12.6. The van der Waals surface area contributed by atoms with E-state index in [9.17, 15) is 9.59 Å². The van der Waals surface area contributed by atoms with Crippen LogP contribution in [0.15, 0.2) is 64.0 Å². The Morgan fingerprint density at radius 1 is 1.09 bits per heavy atom. The molecule has 0 aromatic heterocycles. The molecule has 3 amide bonds. The van der Waals surface area contributed by atoms with E-state index < -0.39 is 11.3 Å². The Hall–Kier alpha value is -1.79. The number of halogens is 1. The Morgan fingerprint density at radius 3 is 2.35 bits per heavy atom. The van der Waals surface area contributed by atoms with Crippen molar-refractivity contribution in [2.24, 2.45) is 0 Å². The zero-order valence-corrected chi connectivity index (χ0v) is 15.0. The predicted molar refractivity (Wildman–Crippen MR) is 96.4 cm³/mol. The Morgan fingerprint density at radius 2 is 1.74 bits per heavy atom. The van der Waals surface area contributed by atoms with Gasteiger partial charge in [-0.3, -0.25) is 10.1 Å². The molecule has 0 spiro atoms. The third-order valence-corrected chi connectivity index (χ3v) is 4.78. The molecule has 0 saturated heterocycles. The van der Waals surface area contributed by atoms with E-state index in [1.807, 2.05) is 54.6 Å². The van der Waals surface area contributed by atoms with Gasteiger partial charge in [0.15, 0.2) is 0 Å². The van der Waals surface area contributed by atoms with Gasteiger partial charge >= 0.3 is 6.03 Å². The van der Waals surface area contributed by atoms with Gasteiger partial charge in [0.2, 0.25) is 5.91 Å². The first-order chi connectivity index (χ1) is 11.1. The maximum absolute atomic E-state index is 12.5. The summed E-state index contributed by atoms with van der Waals surface area (Å²) in [6.07, 6.45) is 0. The molecule has 6 heteroatoms. The number of hydrogen-bond acceptors (Lipinski definition) is 3.